The summed E-state index contributed by atoms with van der Waals surface area (Å²) in [7, 11) is 0. The molecule has 0 saturated heterocycles. The van der Waals surface area contributed by atoms with E-state index in [0.29, 0.717) is 18.2 Å². The van der Waals surface area contributed by atoms with Gasteiger partial charge in [0.2, 0.25) is 5.95 Å². The van der Waals surface area contributed by atoms with Crippen LogP contribution in [0, 0.1) is 0 Å². The predicted octanol–water partition coefficient (Wildman–Crippen LogP) is -0.176. The Hall–Kier alpha value is -1.56. The number of rotatable bonds is 3. The highest BCUT2D eigenvalue weighted by Gasteiger charge is 2.12. The molecule has 0 spiro atoms. The highest BCUT2D eigenvalue weighted by atomic mass is 16.3. The monoisotopic (exact) mass is 197 g/mol. The summed E-state index contributed by atoms with van der Waals surface area (Å²) in [6.07, 6.45) is 0. The maximum Gasteiger partial charge on any atom is 0.223 e. The lowest BCUT2D eigenvalue weighted by Crippen LogP contribution is -2.29. The highest BCUT2D eigenvalue weighted by Crippen LogP contribution is 2.10. The summed E-state index contributed by atoms with van der Waals surface area (Å²) in [4.78, 5) is 7.62. The first-order chi connectivity index (χ1) is 6.37. The molecule has 0 bridgehead atoms. The molecule has 14 heavy (non-hydrogen) atoms. The molecule has 0 aliphatic carbocycles. The molecule has 0 amide bonds. The van der Waals surface area contributed by atoms with Crippen LogP contribution in [0.5, 0.6) is 0 Å². The topological polar surface area (TPSA) is 110 Å². The second kappa shape index (κ2) is 3.67. The normalized spacial score (nSPS) is 11.4. The van der Waals surface area contributed by atoms with Crippen LogP contribution in [0.1, 0.15) is 13.8 Å². The third-order valence-electron chi connectivity index (χ3n) is 1.47. The predicted molar refractivity (Wildman–Crippen MR) is 55.6 cm³/mol. The number of hydrogen-bond donors (Lipinski definition) is 4. The molecule has 1 aromatic heterocycles. The second-order valence-corrected chi connectivity index (χ2v) is 3.70. The first-order valence-corrected chi connectivity index (χ1v) is 4.23. The number of anilines is 3. The Kier molecular flexibility index (Phi) is 2.76. The van der Waals surface area contributed by atoms with E-state index < -0.39 is 5.60 Å². The van der Waals surface area contributed by atoms with Gasteiger partial charge in [0.1, 0.15) is 11.6 Å². The van der Waals surface area contributed by atoms with Crippen molar-refractivity contribution >= 4 is 17.6 Å². The molecular weight excluding hydrogens is 182 g/mol. The summed E-state index contributed by atoms with van der Waals surface area (Å²) in [6.45, 7) is 3.74. The van der Waals surface area contributed by atoms with Crippen molar-refractivity contribution in [3.63, 3.8) is 0 Å². The molecule has 6 heteroatoms. The molecular formula is C8H15N5O. The minimum absolute atomic E-state index is 0.114. The van der Waals surface area contributed by atoms with Crippen molar-refractivity contribution in [3.05, 3.63) is 6.07 Å². The molecule has 0 aromatic carbocycles. The van der Waals surface area contributed by atoms with Crippen molar-refractivity contribution in [2.45, 2.75) is 19.4 Å². The molecule has 0 radical (unpaired) electrons. The van der Waals surface area contributed by atoms with E-state index in [4.69, 9.17) is 11.5 Å². The summed E-state index contributed by atoms with van der Waals surface area (Å²) in [5.74, 6) is 0.927. The van der Waals surface area contributed by atoms with Crippen molar-refractivity contribution in [3.8, 4) is 0 Å². The number of aliphatic hydroxyl groups is 1. The van der Waals surface area contributed by atoms with Crippen molar-refractivity contribution in [2.75, 3.05) is 23.3 Å². The minimum Gasteiger partial charge on any atom is -0.389 e. The van der Waals surface area contributed by atoms with Gasteiger partial charge in [-0.2, -0.15) is 9.97 Å². The van der Waals surface area contributed by atoms with E-state index in [2.05, 4.69) is 15.3 Å². The molecule has 0 fully saturated rings. The van der Waals surface area contributed by atoms with Gasteiger partial charge < -0.3 is 21.9 Å². The van der Waals surface area contributed by atoms with E-state index in [1.54, 1.807) is 19.9 Å². The molecule has 6 N–H and O–H groups in total. The van der Waals surface area contributed by atoms with Gasteiger partial charge in [0.25, 0.3) is 0 Å². The smallest absolute Gasteiger partial charge is 0.223 e. The van der Waals surface area contributed by atoms with E-state index in [9.17, 15) is 5.11 Å². The van der Waals surface area contributed by atoms with E-state index in [1.165, 1.54) is 0 Å². The molecule has 0 atom stereocenters. The lowest BCUT2D eigenvalue weighted by Gasteiger charge is -2.18. The van der Waals surface area contributed by atoms with Crippen LogP contribution in [-0.2, 0) is 0 Å². The molecule has 1 rings (SSSR count). The zero-order chi connectivity index (χ0) is 10.8. The van der Waals surface area contributed by atoms with Crippen LogP contribution in [0.25, 0.3) is 0 Å². The molecule has 0 aliphatic heterocycles. The number of nitrogens with two attached hydrogens (primary N) is 2. The van der Waals surface area contributed by atoms with Crippen LogP contribution >= 0.6 is 0 Å². The average Bonchev–Trinajstić information content (AvgIpc) is 1.97. The van der Waals surface area contributed by atoms with E-state index >= 15 is 0 Å². The van der Waals surface area contributed by atoms with Crippen LogP contribution in [0.3, 0.4) is 0 Å². The van der Waals surface area contributed by atoms with Gasteiger partial charge in [-0.15, -0.1) is 0 Å². The SMILES string of the molecule is CC(C)(O)CNc1cc(N)nc(N)n1. The van der Waals surface area contributed by atoms with Gasteiger partial charge >= 0.3 is 0 Å². The first-order valence-electron chi connectivity index (χ1n) is 4.23. The maximum absolute atomic E-state index is 9.45. The summed E-state index contributed by atoms with van der Waals surface area (Å²) in [5.41, 5.74) is 10.0. The number of nitrogens with zero attached hydrogens (tertiary/aromatic N) is 2. The van der Waals surface area contributed by atoms with Crippen LogP contribution in [0.2, 0.25) is 0 Å². The zero-order valence-electron chi connectivity index (χ0n) is 8.28. The summed E-state index contributed by atoms with van der Waals surface area (Å²) < 4.78 is 0. The first kappa shape index (κ1) is 10.5. The number of hydrogen-bond acceptors (Lipinski definition) is 6. The number of nitrogen functional groups attached to an aromatic ring is 2. The lowest BCUT2D eigenvalue weighted by molar-refractivity contribution is 0.0944. The second-order valence-electron chi connectivity index (χ2n) is 3.70. The van der Waals surface area contributed by atoms with E-state index in [-0.39, 0.29) is 5.95 Å². The Labute approximate surface area is 82.4 Å². The summed E-state index contributed by atoms with van der Waals surface area (Å²) >= 11 is 0. The fourth-order valence-corrected chi connectivity index (χ4v) is 0.883. The lowest BCUT2D eigenvalue weighted by atomic mass is 10.1. The van der Waals surface area contributed by atoms with Gasteiger partial charge in [-0.3, -0.25) is 0 Å². The van der Waals surface area contributed by atoms with Gasteiger partial charge in [0, 0.05) is 12.6 Å². The standard InChI is InChI=1S/C8H15N5O/c1-8(2,14)4-11-6-3-5(9)12-7(10)13-6/h3,14H,4H2,1-2H3,(H5,9,10,11,12,13). The third kappa shape index (κ3) is 3.44. The van der Waals surface area contributed by atoms with E-state index in [1.807, 2.05) is 0 Å². The van der Waals surface area contributed by atoms with Crippen molar-refractivity contribution in [2.24, 2.45) is 0 Å². The third-order valence-corrected chi connectivity index (χ3v) is 1.47. The Bertz CT molecular complexity index is 300. The molecule has 6 nitrogen and oxygen atoms in total. The number of nitrogens with one attached hydrogen (secondary N) is 1. The van der Waals surface area contributed by atoms with Crippen LogP contribution in [0.15, 0.2) is 6.07 Å². The Morgan fingerprint density at radius 2 is 2.07 bits per heavy atom. The highest BCUT2D eigenvalue weighted by molar-refractivity contribution is 5.48. The molecule has 0 aliphatic rings. The average molecular weight is 197 g/mol. The Morgan fingerprint density at radius 1 is 1.43 bits per heavy atom. The maximum atomic E-state index is 9.45. The van der Waals surface area contributed by atoms with Crippen molar-refractivity contribution < 1.29 is 5.11 Å². The van der Waals surface area contributed by atoms with Crippen molar-refractivity contribution in [1.29, 1.82) is 0 Å². The Morgan fingerprint density at radius 3 is 2.57 bits per heavy atom. The largest absolute Gasteiger partial charge is 0.389 e. The fraction of sp³-hybridized carbons (Fsp3) is 0.500. The fourth-order valence-electron chi connectivity index (χ4n) is 0.883. The molecule has 0 unspecified atom stereocenters. The molecule has 1 aromatic rings. The van der Waals surface area contributed by atoms with Crippen molar-refractivity contribution in [1.82, 2.24) is 9.97 Å². The van der Waals surface area contributed by atoms with Gasteiger partial charge in [-0.25, -0.2) is 0 Å². The van der Waals surface area contributed by atoms with Crippen LogP contribution in [0.4, 0.5) is 17.6 Å². The van der Waals surface area contributed by atoms with Crippen LogP contribution < -0.4 is 16.8 Å². The van der Waals surface area contributed by atoms with Gasteiger partial charge in [0.15, 0.2) is 0 Å². The zero-order valence-corrected chi connectivity index (χ0v) is 8.28. The summed E-state index contributed by atoms with van der Waals surface area (Å²) in [5, 5.41) is 12.4. The van der Waals surface area contributed by atoms with E-state index in [0.717, 1.165) is 0 Å². The summed E-state index contributed by atoms with van der Waals surface area (Å²) in [6, 6.07) is 1.56. The quantitative estimate of drug-likeness (QED) is 0.535. The number of aromatic nitrogens is 2. The molecule has 78 valence electrons. The van der Waals surface area contributed by atoms with Gasteiger partial charge in [-0.1, -0.05) is 0 Å². The van der Waals surface area contributed by atoms with Crippen LogP contribution in [-0.4, -0.2) is 27.2 Å². The van der Waals surface area contributed by atoms with Gasteiger partial charge in [-0.05, 0) is 13.8 Å². The minimum atomic E-state index is -0.811. The van der Waals surface area contributed by atoms with Gasteiger partial charge in [0.05, 0.1) is 5.60 Å². The molecule has 0 saturated carbocycles. The molecule has 1 heterocycles. The Balaban J connectivity index is 2.68.